The smallest absolute Gasteiger partial charge is 0.404 e. The number of nitrogens with one attached hydrogen (secondary N) is 2. The molecule has 2 aromatic rings. The Bertz CT molecular complexity index is 1480. The Morgan fingerprint density at radius 2 is 1.83 bits per heavy atom. The molecular formula is C36H49BN4O5. The van der Waals surface area contributed by atoms with Crippen molar-refractivity contribution in [3.8, 4) is 0 Å². The molecule has 6 atom stereocenters. The van der Waals surface area contributed by atoms with Crippen molar-refractivity contribution in [2.24, 2.45) is 28.3 Å². The van der Waals surface area contributed by atoms with Crippen molar-refractivity contribution in [3.05, 3.63) is 65.7 Å². The van der Waals surface area contributed by atoms with Gasteiger partial charge < -0.3 is 29.7 Å². The number of hydrogen-bond acceptors (Lipinski definition) is 7. The zero-order valence-corrected chi connectivity index (χ0v) is 28.3. The first-order valence-electron chi connectivity index (χ1n) is 16.8. The zero-order valence-electron chi connectivity index (χ0n) is 28.3. The fraction of sp³-hybridized carbons (Fsp3) is 0.583. The third-order valence-electron chi connectivity index (χ3n) is 11.0. The number of oxime groups is 1. The highest BCUT2D eigenvalue weighted by Gasteiger charge is 2.68. The van der Waals surface area contributed by atoms with Crippen molar-refractivity contribution in [1.82, 2.24) is 10.6 Å². The van der Waals surface area contributed by atoms with Gasteiger partial charge in [-0.25, -0.2) is 0 Å². The number of carbonyl (C=O) groups is 2. The van der Waals surface area contributed by atoms with E-state index in [0.717, 1.165) is 17.7 Å². The van der Waals surface area contributed by atoms with Gasteiger partial charge in [0.15, 0.2) is 0 Å². The van der Waals surface area contributed by atoms with Gasteiger partial charge in [0, 0.05) is 38.2 Å². The van der Waals surface area contributed by atoms with Crippen LogP contribution in [-0.4, -0.2) is 68.5 Å². The van der Waals surface area contributed by atoms with E-state index in [9.17, 15) is 9.59 Å². The van der Waals surface area contributed by atoms with E-state index in [-0.39, 0.29) is 47.8 Å². The maximum Gasteiger partial charge on any atom is 0.481 e. The van der Waals surface area contributed by atoms with E-state index in [4.69, 9.17) is 14.1 Å². The second-order valence-electron chi connectivity index (χ2n) is 15.3. The van der Waals surface area contributed by atoms with Gasteiger partial charge in [0.2, 0.25) is 5.60 Å². The summed E-state index contributed by atoms with van der Waals surface area (Å²) in [6.07, 6.45) is 3.48. The predicted octanol–water partition coefficient (Wildman–Crippen LogP) is 5.04. The molecule has 4 fully saturated rings. The number of benzene rings is 2. The normalized spacial score (nSPS) is 29.7. The minimum Gasteiger partial charge on any atom is -0.404 e. The van der Waals surface area contributed by atoms with Gasteiger partial charge in [0.1, 0.15) is 0 Å². The van der Waals surface area contributed by atoms with E-state index in [1.54, 1.807) is 6.07 Å². The molecule has 2 bridgehead atoms. The summed E-state index contributed by atoms with van der Waals surface area (Å²) in [6, 6.07) is 17.3. The summed E-state index contributed by atoms with van der Waals surface area (Å²) in [6.45, 7) is 11.4. The van der Waals surface area contributed by atoms with E-state index < -0.39 is 12.7 Å². The molecule has 2 N–H and O–H groups in total. The highest BCUT2D eigenvalue weighted by molar-refractivity contribution is 6.48. The zero-order chi connectivity index (χ0) is 32.9. The molecule has 0 spiro atoms. The largest absolute Gasteiger partial charge is 0.481 e. The highest BCUT2D eigenvalue weighted by Crippen LogP contribution is 2.65. The fourth-order valence-corrected chi connectivity index (χ4v) is 8.19. The van der Waals surface area contributed by atoms with Gasteiger partial charge in [-0.3, -0.25) is 9.59 Å². The molecule has 5 aliphatic rings. The van der Waals surface area contributed by atoms with Crippen LogP contribution in [0.15, 0.2) is 59.8 Å². The lowest BCUT2D eigenvalue weighted by Gasteiger charge is -2.64. The Hall–Kier alpha value is -3.37. The minimum absolute atomic E-state index is 0.0267. The van der Waals surface area contributed by atoms with E-state index in [1.165, 1.54) is 6.42 Å². The van der Waals surface area contributed by atoms with Crippen LogP contribution in [0.3, 0.4) is 0 Å². The Balaban J connectivity index is 1.17. The summed E-state index contributed by atoms with van der Waals surface area (Å²) in [5, 5.41) is 10.6. The van der Waals surface area contributed by atoms with Crippen LogP contribution in [0.2, 0.25) is 0 Å². The quantitative estimate of drug-likeness (QED) is 0.339. The van der Waals surface area contributed by atoms with Crippen LogP contribution in [0.1, 0.15) is 76.2 Å². The molecule has 2 heterocycles. The molecule has 46 heavy (non-hydrogen) atoms. The Morgan fingerprint density at radius 1 is 1.07 bits per heavy atom. The molecule has 0 aromatic heterocycles. The van der Waals surface area contributed by atoms with Crippen molar-refractivity contribution < 1.29 is 23.7 Å². The maximum atomic E-state index is 14.4. The van der Waals surface area contributed by atoms with Gasteiger partial charge >= 0.3 is 7.12 Å². The number of carbonyl (C=O) groups excluding carboxylic acids is 2. The number of anilines is 1. The number of amides is 2. The third-order valence-corrected chi connectivity index (χ3v) is 11.0. The lowest BCUT2D eigenvalue weighted by molar-refractivity contribution is -0.199. The molecule has 3 aliphatic carbocycles. The summed E-state index contributed by atoms with van der Waals surface area (Å²) in [5.41, 5.74) is 1.67. The average molecular weight is 629 g/mol. The van der Waals surface area contributed by atoms with Gasteiger partial charge in [-0.2, -0.15) is 0 Å². The number of nitrogens with zero attached hydrogens (tertiary/aromatic N) is 2. The van der Waals surface area contributed by atoms with Gasteiger partial charge in [-0.15, -0.1) is 0 Å². The van der Waals surface area contributed by atoms with E-state index in [0.29, 0.717) is 41.9 Å². The average Bonchev–Trinajstić information content (AvgIpc) is 3.61. The lowest BCUT2D eigenvalue weighted by Crippen LogP contribution is -2.65. The van der Waals surface area contributed by atoms with E-state index in [1.807, 2.05) is 67.5 Å². The van der Waals surface area contributed by atoms with E-state index in [2.05, 4.69) is 50.4 Å². The van der Waals surface area contributed by atoms with Gasteiger partial charge in [0.05, 0.1) is 29.9 Å². The summed E-state index contributed by atoms with van der Waals surface area (Å²) >= 11 is 0. The van der Waals surface area contributed by atoms with Crippen LogP contribution in [-0.2, 0) is 25.4 Å². The molecule has 9 nitrogen and oxygen atoms in total. The van der Waals surface area contributed by atoms with Crippen LogP contribution in [0.5, 0.6) is 0 Å². The Labute approximate surface area is 273 Å². The van der Waals surface area contributed by atoms with Gasteiger partial charge in [-0.05, 0) is 73.1 Å². The van der Waals surface area contributed by atoms with Crippen molar-refractivity contribution in [2.45, 2.75) is 90.0 Å². The standard InChI is InChI=1S/C36H49BN4O5/c1-23(2)16-31(37-44-30-19-26-18-29(34(26,3)4)35(30,5)45-37)39-33(43)36(20-24-12-9-8-10-13-24)21-27(40-46-36)22-38-32(42)25-14-11-15-28(17-25)41(6)7/h8-15,17,23,26,29-31H,16,18-22H2,1-7H3,(H,38,42)(H,39,43)/t26-,29-,30+,31-,35-,36?/m0/s1. The second-order valence-corrected chi connectivity index (χ2v) is 15.3. The topological polar surface area (TPSA) is 101 Å². The highest BCUT2D eigenvalue weighted by atomic mass is 16.7. The molecule has 1 unspecified atom stereocenters. The van der Waals surface area contributed by atoms with Crippen LogP contribution >= 0.6 is 0 Å². The van der Waals surface area contributed by atoms with Crippen molar-refractivity contribution in [1.29, 1.82) is 0 Å². The molecule has 1 saturated heterocycles. The van der Waals surface area contributed by atoms with Crippen molar-refractivity contribution in [2.75, 3.05) is 25.5 Å². The third kappa shape index (κ3) is 6.06. The van der Waals surface area contributed by atoms with Crippen molar-refractivity contribution in [3.63, 3.8) is 0 Å². The first-order chi connectivity index (χ1) is 21.8. The molecular weight excluding hydrogens is 579 g/mol. The summed E-state index contributed by atoms with van der Waals surface area (Å²) in [7, 11) is 3.34. The molecule has 3 saturated carbocycles. The Morgan fingerprint density at radius 3 is 2.52 bits per heavy atom. The first kappa shape index (κ1) is 32.6. The predicted molar refractivity (Wildman–Crippen MR) is 181 cm³/mol. The van der Waals surface area contributed by atoms with Gasteiger partial charge in [-0.1, -0.05) is 69.2 Å². The van der Waals surface area contributed by atoms with Crippen LogP contribution in [0.4, 0.5) is 5.69 Å². The van der Waals surface area contributed by atoms with Crippen molar-refractivity contribution >= 4 is 30.3 Å². The molecule has 7 rings (SSSR count). The van der Waals surface area contributed by atoms with Crippen LogP contribution < -0.4 is 15.5 Å². The fourth-order valence-electron chi connectivity index (χ4n) is 8.19. The van der Waals surface area contributed by atoms with Crippen LogP contribution in [0, 0.1) is 23.2 Å². The number of hydrogen-bond donors (Lipinski definition) is 2. The molecule has 10 heteroatoms. The molecule has 2 aromatic carbocycles. The Kier molecular flexibility index (Phi) is 8.74. The summed E-state index contributed by atoms with van der Waals surface area (Å²) in [5.74, 6) is 0.579. The minimum atomic E-state index is -1.26. The number of rotatable bonds is 11. The monoisotopic (exact) mass is 628 g/mol. The second kappa shape index (κ2) is 12.3. The maximum absolute atomic E-state index is 14.4. The first-order valence-corrected chi connectivity index (χ1v) is 16.8. The molecule has 246 valence electrons. The van der Waals surface area contributed by atoms with Gasteiger partial charge in [0.25, 0.3) is 11.8 Å². The summed E-state index contributed by atoms with van der Waals surface area (Å²) in [4.78, 5) is 35.4. The van der Waals surface area contributed by atoms with Crippen LogP contribution in [0.25, 0.3) is 0 Å². The van der Waals surface area contributed by atoms with E-state index >= 15 is 0 Å². The SMILES string of the molecule is CC(C)C[C@H](NC(=O)C1(Cc2ccccc2)CC(CNC(=O)c2cccc(N(C)C)c2)=NO1)B1O[C@@H]2C[C@@H]3C[C@@H](C3(C)C)[C@]2(C)O1. The molecule has 2 amide bonds. The summed E-state index contributed by atoms with van der Waals surface area (Å²) < 4.78 is 13.4. The molecule has 0 radical (unpaired) electrons. The molecule has 2 aliphatic heterocycles. The lowest BCUT2D eigenvalue weighted by atomic mass is 9.43.